The number of hydrogen-bond acceptors (Lipinski definition) is 4. The minimum atomic E-state index is -0.115. The van der Waals surface area contributed by atoms with Gasteiger partial charge in [0.05, 0.1) is 5.56 Å². The summed E-state index contributed by atoms with van der Waals surface area (Å²) in [7, 11) is 0. The number of carbonyl (C=O) groups is 1. The van der Waals surface area contributed by atoms with Crippen molar-refractivity contribution >= 4 is 36.5 Å². The average molecular weight is 307 g/mol. The lowest BCUT2D eigenvalue weighted by Gasteiger charge is -2.16. The summed E-state index contributed by atoms with van der Waals surface area (Å²) in [5.74, 6) is 0.841. The molecule has 3 N–H and O–H groups in total. The summed E-state index contributed by atoms with van der Waals surface area (Å²) in [5.41, 5.74) is 5.91. The van der Waals surface area contributed by atoms with E-state index in [2.05, 4.69) is 15.2 Å². The monoisotopic (exact) mass is 306 g/mol. The minimum Gasteiger partial charge on any atom is -0.357 e. The van der Waals surface area contributed by atoms with Crippen LogP contribution in [0.25, 0.3) is 0 Å². The molecule has 0 aliphatic carbocycles. The molecule has 0 saturated carbocycles. The number of rotatable bonds is 4. The number of halogens is 2. The highest BCUT2D eigenvalue weighted by molar-refractivity contribution is 5.94. The zero-order chi connectivity index (χ0) is 12.1. The van der Waals surface area contributed by atoms with Crippen molar-refractivity contribution < 1.29 is 4.79 Å². The number of carbonyl (C=O) groups excluding carboxylic acids is 1. The molecule has 2 rings (SSSR count). The van der Waals surface area contributed by atoms with E-state index < -0.39 is 0 Å². The summed E-state index contributed by atoms with van der Waals surface area (Å²) < 4.78 is 0. The minimum absolute atomic E-state index is 0. The Kier molecular flexibility index (Phi) is 8.47. The van der Waals surface area contributed by atoms with Crippen LogP contribution in [0.3, 0.4) is 0 Å². The van der Waals surface area contributed by atoms with E-state index in [4.69, 9.17) is 5.73 Å². The second-order valence-corrected chi connectivity index (χ2v) is 4.14. The first-order valence-corrected chi connectivity index (χ1v) is 6.00. The predicted octanol–water partition coefficient (Wildman–Crippen LogP) is 1.21. The number of nitrogens with one attached hydrogen (secondary N) is 1. The lowest BCUT2D eigenvalue weighted by molar-refractivity contribution is 0.0954. The summed E-state index contributed by atoms with van der Waals surface area (Å²) in [5, 5.41) is 2.72. The standard InChI is InChI=1S/C12H18N4O.2ClH/c13-5-6-14-12(17)10-3-4-11(15-9-10)16-7-1-2-8-16;;/h3-4,9H,1-2,5-8,13H2,(H,14,17);2*1H. The van der Waals surface area contributed by atoms with Crippen LogP contribution in [0.2, 0.25) is 0 Å². The van der Waals surface area contributed by atoms with Crippen molar-refractivity contribution in [3.63, 3.8) is 0 Å². The molecule has 7 heteroatoms. The van der Waals surface area contributed by atoms with Gasteiger partial charge in [-0.15, -0.1) is 24.8 Å². The van der Waals surface area contributed by atoms with Crippen molar-refractivity contribution in [3.8, 4) is 0 Å². The highest BCUT2D eigenvalue weighted by atomic mass is 35.5. The van der Waals surface area contributed by atoms with Gasteiger partial charge in [-0.2, -0.15) is 0 Å². The largest absolute Gasteiger partial charge is 0.357 e. The second kappa shape index (κ2) is 8.96. The summed E-state index contributed by atoms with van der Waals surface area (Å²) in [6.45, 7) is 3.06. The number of pyridine rings is 1. The van der Waals surface area contributed by atoms with Crippen LogP contribution in [0.5, 0.6) is 0 Å². The van der Waals surface area contributed by atoms with Crippen LogP contribution in [0, 0.1) is 0 Å². The summed E-state index contributed by atoms with van der Waals surface area (Å²) >= 11 is 0. The summed E-state index contributed by atoms with van der Waals surface area (Å²) in [6, 6.07) is 3.72. The quantitative estimate of drug-likeness (QED) is 0.877. The molecular formula is C12H20Cl2N4O. The van der Waals surface area contributed by atoms with Gasteiger partial charge in [-0.05, 0) is 25.0 Å². The van der Waals surface area contributed by atoms with Gasteiger partial charge in [-0.1, -0.05) is 0 Å². The molecule has 0 bridgehead atoms. The van der Waals surface area contributed by atoms with Crippen LogP contribution >= 0.6 is 24.8 Å². The summed E-state index contributed by atoms with van der Waals surface area (Å²) in [6.07, 6.45) is 4.07. The second-order valence-electron chi connectivity index (χ2n) is 4.14. The molecule has 1 saturated heterocycles. The Morgan fingerprint density at radius 3 is 2.53 bits per heavy atom. The first-order chi connectivity index (χ1) is 8.31. The molecule has 5 nitrogen and oxygen atoms in total. The third-order valence-electron chi connectivity index (χ3n) is 2.87. The van der Waals surface area contributed by atoms with Crippen molar-refractivity contribution in [1.82, 2.24) is 10.3 Å². The average Bonchev–Trinajstić information content (AvgIpc) is 2.90. The molecule has 1 aliphatic rings. The van der Waals surface area contributed by atoms with Crippen LogP contribution in [-0.2, 0) is 0 Å². The van der Waals surface area contributed by atoms with Gasteiger partial charge in [0.25, 0.3) is 5.91 Å². The molecule has 1 aliphatic heterocycles. The Balaban J connectivity index is 0.00000162. The molecule has 0 aromatic carbocycles. The molecule has 0 spiro atoms. The Morgan fingerprint density at radius 1 is 1.32 bits per heavy atom. The number of hydrogen-bond donors (Lipinski definition) is 2. The molecule has 0 atom stereocenters. The van der Waals surface area contributed by atoms with Crippen molar-refractivity contribution in [2.45, 2.75) is 12.8 Å². The molecule has 1 amide bonds. The number of nitrogens with two attached hydrogens (primary N) is 1. The van der Waals surface area contributed by atoms with Gasteiger partial charge in [0.15, 0.2) is 0 Å². The topological polar surface area (TPSA) is 71.2 Å². The lowest BCUT2D eigenvalue weighted by Crippen LogP contribution is -2.29. The van der Waals surface area contributed by atoms with Gasteiger partial charge < -0.3 is 16.0 Å². The predicted molar refractivity (Wildman–Crippen MR) is 81.6 cm³/mol. The van der Waals surface area contributed by atoms with Crippen LogP contribution in [0.15, 0.2) is 18.3 Å². The normalized spacial score (nSPS) is 13.4. The van der Waals surface area contributed by atoms with Crippen molar-refractivity contribution in [3.05, 3.63) is 23.9 Å². The zero-order valence-electron chi connectivity index (χ0n) is 10.7. The highest BCUT2D eigenvalue weighted by Crippen LogP contribution is 2.17. The maximum Gasteiger partial charge on any atom is 0.252 e. The fourth-order valence-electron chi connectivity index (χ4n) is 1.94. The van der Waals surface area contributed by atoms with E-state index in [1.807, 2.05) is 12.1 Å². The fraction of sp³-hybridized carbons (Fsp3) is 0.500. The third-order valence-corrected chi connectivity index (χ3v) is 2.87. The highest BCUT2D eigenvalue weighted by Gasteiger charge is 2.13. The van der Waals surface area contributed by atoms with Gasteiger partial charge in [-0.25, -0.2) is 4.98 Å². The maximum absolute atomic E-state index is 11.6. The maximum atomic E-state index is 11.6. The van der Waals surface area contributed by atoms with Gasteiger partial charge >= 0.3 is 0 Å². The van der Waals surface area contributed by atoms with E-state index in [-0.39, 0.29) is 30.7 Å². The third kappa shape index (κ3) is 4.86. The number of aromatic nitrogens is 1. The number of nitrogens with zero attached hydrogens (tertiary/aromatic N) is 2. The molecular weight excluding hydrogens is 287 g/mol. The van der Waals surface area contributed by atoms with Crippen molar-refractivity contribution in [1.29, 1.82) is 0 Å². The van der Waals surface area contributed by atoms with Gasteiger partial charge in [0.1, 0.15) is 5.82 Å². The lowest BCUT2D eigenvalue weighted by atomic mass is 10.2. The molecule has 19 heavy (non-hydrogen) atoms. The van der Waals surface area contributed by atoms with E-state index in [1.54, 1.807) is 6.20 Å². The van der Waals surface area contributed by atoms with E-state index in [9.17, 15) is 4.79 Å². The fourth-order valence-corrected chi connectivity index (χ4v) is 1.94. The Labute approximate surface area is 125 Å². The van der Waals surface area contributed by atoms with Crippen LogP contribution in [-0.4, -0.2) is 37.1 Å². The SMILES string of the molecule is Cl.Cl.NCCNC(=O)c1ccc(N2CCCC2)nc1. The summed E-state index contributed by atoms with van der Waals surface area (Å²) in [4.78, 5) is 18.2. The van der Waals surface area contributed by atoms with E-state index in [0.717, 1.165) is 18.9 Å². The molecule has 108 valence electrons. The smallest absolute Gasteiger partial charge is 0.252 e. The molecule has 0 unspecified atom stereocenters. The van der Waals surface area contributed by atoms with Gasteiger partial charge in [0, 0.05) is 32.4 Å². The molecule has 1 fully saturated rings. The van der Waals surface area contributed by atoms with Gasteiger partial charge in [0.2, 0.25) is 0 Å². The van der Waals surface area contributed by atoms with E-state index in [0.29, 0.717) is 18.7 Å². The van der Waals surface area contributed by atoms with E-state index in [1.165, 1.54) is 12.8 Å². The van der Waals surface area contributed by atoms with Gasteiger partial charge in [-0.3, -0.25) is 4.79 Å². The molecule has 0 radical (unpaired) electrons. The molecule has 1 aromatic rings. The zero-order valence-corrected chi connectivity index (χ0v) is 12.3. The first kappa shape index (κ1) is 18.0. The first-order valence-electron chi connectivity index (χ1n) is 6.00. The van der Waals surface area contributed by atoms with E-state index >= 15 is 0 Å². The van der Waals surface area contributed by atoms with Crippen LogP contribution < -0.4 is 16.0 Å². The Hall–Kier alpha value is -1.04. The number of anilines is 1. The van der Waals surface area contributed by atoms with Crippen molar-refractivity contribution in [2.75, 3.05) is 31.1 Å². The Morgan fingerprint density at radius 2 is 2.00 bits per heavy atom. The molecule has 2 heterocycles. The van der Waals surface area contributed by atoms with Crippen LogP contribution in [0.4, 0.5) is 5.82 Å². The van der Waals surface area contributed by atoms with Crippen LogP contribution in [0.1, 0.15) is 23.2 Å². The molecule has 1 aromatic heterocycles. The number of amides is 1. The Bertz CT molecular complexity index is 380. The van der Waals surface area contributed by atoms with Crippen molar-refractivity contribution in [2.24, 2.45) is 5.73 Å².